The molecule has 1 amide bonds. The maximum Gasteiger partial charge on any atom is 0.252 e. The molecular weight excluding hydrogens is 326 g/mol. The molecule has 0 radical (unpaired) electrons. The van der Waals surface area contributed by atoms with Gasteiger partial charge in [-0.3, -0.25) is 4.79 Å². The number of amides is 1. The molecule has 3 aromatic rings. The van der Waals surface area contributed by atoms with E-state index >= 15 is 0 Å². The SMILES string of the molecule is O=C(NCc1ccccc1)c1ccc2ccccc2c1Br. The zero-order valence-corrected chi connectivity index (χ0v) is 12.9. The van der Waals surface area contributed by atoms with Gasteiger partial charge in [0.2, 0.25) is 0 Å². The topological polar surface area (TPSA) is 29.1 Å². The van der Waals surface area contributed by atoms with Crippen LogP contribution in [0.5, 0.6) is 0 Å². The van der Waals surface area contributed by atoms with Gasteiger partial charge >= 0.3 is 0 Å². The van der Waals surface area contributed by atoms with E-state index in [4.69, 9.17) is 0 Å². The van der Waals surface area contributed by atoms with Gasteiger partial charge in [-0.25, -0.2) is 0 Å². The van der Waals surface area contributed by atoms with Crippen LogP contribution in [0.15, 0.2) is 71.2 Å². The maximum atomic E-state index is 12.3. The van der Waals surface area contributed by atoms with Gasteiger partial charge in [0, 0.05) is 11.0 Å². The Morgan fingerprint density at radius 1 is 0.905 bits per heavy atom. The summed E-state index contributed by atoms with van der Waals surface area (Å²) in [5, 5.41) is 5.11. The van der Waals surface area contributed by atoms with Crippen LogP contribution in [-0.2, 0) is 6.54 Å². The van der Waals surface area contributed by atoms with Crippen LogP contribution in [0, 0.1) is 0 Å². The zero-order valence-electron chi connectivity index (χ0n) is 11.3. The Hall–Kier alpha value is -2.13. The lowest BCUT2D eigenvalue weighted by Crippen LogP contribution is -2.23. The highest BCUT2D eigenvalue weighted by Crippen LogP contribution is 2.27. The van der Waals surface area contributed by atoms with Crippen LogP contribution in [0.25, 0.3) is 10.8 Å². The standard InChI is InChI=1S/C18H14BrNO/c19-17-15-9-5-4-8-14(15)10-11-16(17)18(21)20-12-13-6-2-1-3-7-13/h1-11H,12H2,(H,20,21). The Kier molecular flexibility index (Phi) is 4.02. The van der Waals surface area contributed by atoms with Crippen LogP contribution in [-0.4, -0.2) is 5.91 Å². The first-order valence-electron chi connectivity index (χ1n) is 6.75. The molecule has 3 rings (SSSR count). The molecule has 0 heterocycles. The van der Waals surface area contributed by atoms with Crippen molar-refractivity contribution in [2.45, 2.75) is 6.54 Å². The molecule has 0 atom stereocenters. The number of fused-ring (bicyclic) bond motifs is 1. The van der Waals surface area contributed by atoms with Crippen molar-refractivity contribution in [3.05, 3.63) is 82.3 Å². The summed E-state index contributed by atoms with van der Waals surface area (Å²) in [5.74, 6) is -0.0727. The van der Waals surface area contributed by atoms with E-state index in [1.807, 2.05) is 66.7 Å². The second kappa shape index (κ2) is 6.10. The summed E-state index contributed by atoms with van der Waals surface area (Å²) in [4.78, 5) is 12.3. The van der Waals surface area contributed by atoms with Crippen molar-refractivity contribution >= 4 is 32.6 Å². The monoisotopic (exact) mass is 339 g/mol. The molecule has 104 valence electrons. The molecular formula is C18H14BrNO. The highest BCUT2D eigenvalue weighted by atomic mass is 79.9. The van der Waals surface area contributed by atoms with Gasteiger partial charge in [0.05, 0.1) is 5.56 Å². The highest BCUT2D eigenvalue weighted by Gasteiger charge is 2.12. The van der Waals surface area contributed by atoms with Crippen LogP contribution in [0.3, 0.4) is 0 Å². The molecule has 0 saturated heterocycles. The first-order chi connectivity index (χ1) is 10.3. The lowest BCUT2D eigenvalue weighted by Gasteiger charge is -2.09. The molecule has 0 fully saturated rings. The van der Waals surface area contributed by atoms with E-state index in [2.05, 4.69) is 21.2 Å². The fourth-order valence-electron chi connectivity index (χ4n) is 2.28. The van der Waals surface area contributed by atoms with Gasteiger partial charge in [-0.05, 0) is 38.3 Å². The zero-order chi connectivity index (χ0) is 14.7. The largest absolute Gasteiger partial charge is 0.348 e. The number of carbonyl (C=O) groups is 1. The molecule has 3 heteroatoms. The second-order valence-corrected chi connectivity index (χ2v) is 5.61. The fraction of sp³-hybridized carbons (Fsp3) is 0.0556. The minimum absolute atomic E-state index is 0.0727. The van der Waals surface area contributed by atoms with Crippen molar-refractivity contribution in [2.24, 2.45) is 0 Å². The lowest BCUT2D eigenvalue weighted by atomic mass is 10.1. The number of nitrogens with one attached hydrogen (secondary N) is 1. The van der Waals surface area contributed by atoms with Gasteiger partial charge in [-0.15, -0.1) is 0 Å². The summed E-state index contributed by atoms with van der Waals surface area (Å²) in [6.45, 7) is 0.527. The average molecular weight is 340 g/mol. The van der Waals surface area contributed by atoms with E-state index in [9.17, 15) is 4.79 Å². The predicted molar refractivity (Wildman–Crippen MR) is 89.3 cm³/mol. The Balaban J connectivity index is 1.83. The Bertz CT molecular complexity index is 784. The first-order valence-corrected chi connectivity index (χ1v) is 7.54. The summed E-state index contributed by atoms with van der Waals surface area (Å²) >= 11 is 3.55. The van der Waals surface area contributed by atoms with E-state index in [0.717, 1.165) is 20.8 Å². The molecule has 0 unspecified atom stereocenters. The van der Waals surface area contributed by atoms with Gasteiger partial charge in [0.1, 0.15) is 0 Å². The summed E-state index contributed by atoms with van der Waals surface area (Å²) in [5.41, 5.74) is 1.74. The molecule has 2 nitrogen and oxygen atoms in total. The molecule has 0 aliphatic rings. The smallest absolute Gasteiger partial charge is 0.252 e. The molecule has 0 spiro atoms. The summed E-state index contributed by atoms with van der Waals surface area (Å²) < 4.78 is 0.839. The summed E-state index contributed by atoms with van der Waals surface area (Å²) in [7, 11) is 0. The normalized spacial score (nSPS) is 10.5. The van der Waals surface area contributed by atoms with Crippen LogP contribution >= 0.6 is 15.9 Å². The fourth-order valence-corrected chi connectivity index (χ4v) is 2.96. The molecule has 0 aromatic heterocycles. The minimum Gasteiger partial charge on any atom is -0.348 e. The first kappa shape index (κ1) is 13.8. The van der Waals surface area contributed by atoms with E-state index in [1.165, 1.54) is 0 Å². The van der Waals surface area contributed by atoms with Crippen molar-refractivity contribution in [1.29, 1.82) is 0 Å². The van der Waals surface area contributed by atoms with E-state index in [-0.39, 0.29) is 5.91 Å². The van der Waals surface area contributed by atoms with Gasteiger partial charge in [0.15, 0.2) is 0 Å². The lowest BCUT2D eigenvalue weighted by molar-refractivity contribution is 0.0950. The quantitative estimate of drug-likeness (QED) is 0.746. The Labute approximate surface area is 131 Å². The van der Waals surface area contributed by atoms with Gasteiger partial charge in [-0.1, -0.05) is 60.7 Å². The third-order valence-electron chi connectivity index (χ3n) is 3.40. The summed E-state index contributed by atoms with van der Waals surface area (Å²) in [6, 6.07) is 21.7. The third-order valence-corrected chi connectivity index (χ3v) is 4.26. The van der Waals surface area contributed by atoms with Crippen molar-refractivity contribution in [2.75, 3.05) is 0 Å². The number of halogens is 1. The van der Waals surface area contributed by atoms with Crippen LogP contribution in [0.1, 0.15) is 15.9 Å². The van der Waals surface area contributed by atoms with E-state index in [1.54, 1.807) is 0 Å². The van der Waals surface area contributed by atoms with Crippen LogP contribution < -0.4 is 5.32 Å². The van der Waals surface area contributed by atoms with Crippen molar-refractivity contribution in [3.63, 3.8) is 0 Å². The van der Waals surface area contributed by atoms with E-state index < -0.39 is 0 Å². The number of carbonyl (C=O) groups excluding carboxylic acids is 1. The van der Waals surface area contributed by atoms with Gasteiger partial charge < -0.3 is 5.32 Å². The average Bonchev–Trinajstić information content (AvgIpc) is 2.54. The minimum atomic E-state index is -0.0727. The number of rotatable bonds is 3. The number of hydrogen-bond acceptors (Lipinski definition) is 1. The molecule has 21 heavy (non-hydrogen) atoms. The Morgan fingerprint density at radius 2 is 1.62 bits per heavy atom. The van der Waals surface area contributed by atoms with Crippen molar-refractivity contribution < 1.29 is 4.79 Å². The highest BCUT2D eigenvalue weighted by molar-refractivity contribution is 9.10. The molecule has 3 aromatic carbocycles. The molecule has 1 N–H and O–H groups in total. The van der Waals surface area contributed by atoms with Crippen molar-refractivity contribution in [1.82, 2.24) is 5.32 Å². The van der Waals surface area contributed by atoms with Gasteiger partial charge in [0.25, 0.3) is 5.91 Å². The van der Waals surface area contributed by atoms with Crippen molar-refractivity contribution in [3.8, 4) is 0 Å². The van der Waals surface area contributed by atoms with E-state index in [0.29, 0.717) is 12.1 Å². The maximum absolute atomic E-state index is 12.3. The molecule has 0 aliphatic heterocycles. The molecule has 0 bridgehead atoms. The Morgan fingerprint density at radius 3 is 2.43 bits per heavy atom. The second-order valence-electron chi connectivity index (χ2n) is 4.82. The number of hydrogen-bond donors (Lipinski definition) is 1. The third kappa shape index (κ3) is 2.98. The van der Waals surface area contributed by atoms with Gasteiger partial charge in [-0.2, -0.15) is 0 Å². The molecule has 0 aliphatic carbocycles. The molecule has 0 saturated carbocycles. The van der Waals surface area contributed by atoms with Crippen LogP contribution in [0.4, 0.5) is 0 Å². The summed E-state index contributed by atoms with van der Waals surface area (Å²) in [6.07, 6.45) is 0. The van der Waals surface area contributed by atoms with Crippen LogP contribution in [0.2, 0.25) is 0 Å². The predicted octanol–water partition coefficient (Wildman–Crippen LogP) is 4.53. The number of benzene rings is 3.